The van der Waals surface area contributed by atoms with E-state index in [9.17, 15) is 14.4 Å². The lowest BCUT2D eigenvalue weighted by Gasteiger charge is -2.05. The molecule has 0 fully saturated rings. The highest BCUT2D eigenvalue weighted by Gasteiger charge is 2.15. The smallest absolute Gasteiger partial charge is 0.315 e. The van der Waals surface area contributed by atoms with Gasteiger partial charge < -0.3 is 4.57 Å². The number of rotatable bonds is 5. The quantitative estimate of drug-likeness (QED) is 0.467. The van der Waals surface area contributed by atoms with Crippen molar-refractivity contribution in [3.8, 4) is 0 Å². The average Bonchev–Trinajstić information content (AvgIpc) is 3.09. The van der Waals surface area contributed by atoms with Crippen molar-refractivity contribution in [2.75, 3.05) is 0 Å². The number of halogens is 1. The standard InChI is InChI=1S/C18H17BrN6O3/c1-23-16-15(17(27)24(2)18(23)28)25(11-20-16)10-14(26)22-21-9-13(19)8-12-6-4-3-5-7-12/h3-9,11H,10H2,1-2H3,(H,22,26)/b13-8-,21-9+. The molecule has 144 valence electrons. The van der Waals surface area contributed by atoms with Crippen molar-refractivity contribution < 1.29 is 4.79 Å². The summed E-state index contributed by atoms with van der Waals surface area (Å²) in [6, 6.07) is 9.63. The minimum atomic E-state index is -0.513. The second kappa shape index (κ2) is 8.17. The van der Waals surface area contributed by atoms with Crippen LogP contribution >= 0.6 is 15.9 Å². The molecule has 0 atom stereocenters. The highest BCUT2D eigenvalue weighted by Crippen LogP contribution is 2.09. The second-order valence-corrected chi connectivity index (χ2v) is 6.90. The van der Waals surface area contributed by atoms with Crippen molar-refractivity contribution in [3.05, 3.63) is 67.5 Å². The zero-order valence-electron chi connectivity index (χ0n) is 15.2. The highest BCUT2D eigenvalue weighted by atomic mass is 79.9. The molecule has 0 bridgehead atoms. The molecule has 9 nitrogen and oxygen atoms in total. The van der Waals surface area contributed by atoms with E-state index in [0.717, 1.165) is 10.1 Å². The first-order valence-corrected chi connectivity index (χ1v) is 9.03. The summed E-state index contributed by atoms with van der Waals surface area (Å²) in [4.78, 5) is 40.5. The van der Waals surface area contributed by atoms with E-state index in [0.29, 0.717) is 4.48 Å². The van der Waals surface area contributed by atoms with Crippen molar-refractivity contribution in [3.63, 3.8) is 0 Å². The number of nitrogens with one attached hydrogen (secondary N) is 1. The summed E-state index contributed by atoms with van der Waals surface area (Å²) >= 11 is 3.36. The van der Waals surface area contributed by atoms with Crippen LogP contribution in [0.2, 0.25) is 0 Å². The maximum atomic E-state index is 12.4. The Morgan fingerprint density at radius 1 is 1.21 bits per heavy atom. The van der Waals surface area contributed by atoms with Crippen LogP contribution in [0, 0.1) is 0 Å². The molecule has 0 radical (unpaired) electrons. The first kappa shape index (κ1) is 19.5. The third-order valence-corrected chi connectivity index (χ3v) is 4.45. The lowest BCUT2D eigenvalue weighted by atomic mass is 10.2. The maximum Gasteiger partial charge on any atom is 0.332 e. The first-order valence-electron chi connectivity index (χ1n) is 8.23. The number of amides is 1. The molecule has 0 saturated heterocycles. The molecule has 0 spiro atoms. The highest BCUT2D eigenvalue weighted by molar-refractivity contribution is 9.12. The van der Waals surface area contributed by atoms with E-state index in [1.54, 1.807) is 0 Å². The van der Waals surface area contributed by atoms with E-state index in [-0.39, 0.29) is 17.7 Å². The molecule has 1 N–H and O–H groups in total. The van der Waals surface area contributed by atoms with Gasteiger partial charge in [0, 0.05) is 18.6 Å². The Morgan fingerprint density at radius 3 is 2.64 bits per heavy atom. The van der Waals surface area contributed by atoms with E-state index < -0.39 is 17.2 Å². The van der Waals surface area contributed by atoms with Crippen molar-refractivity contribution in [1.82, 2.24) is 24.1 Å². The molecule has 0 aliphatic carbocycles. The molecule has 0 unspecified atom stereocenters. The molecular formula is C18H17BrN6O3. The van der Waals surface area contributed by atoms with E-state index >= 15 is 0 Å². The van der Waals surface area contributed by atoms with Crippen molar-refractivity contribution in [2.24, 2.45) is 19.2 Å². The van der Waals surface area contributed by atoms with Gasteiger partial charge in [0.2, 0.25) is 0 Å². The normalized spacial score (nSPS) is 12.0. The summed E-state index contributed by atoms with van der Waals surface area (Å²) in [6.07, 6.45) is 4.66. The number of hydrogen-bond donors (Lipinski definition) is 1. The Balaban J connectivity index is 1.73. The predicted octanol–water partition coefficient (Wildman–Crippen LogP) is 0.972. The summed E-state index contributed by atoms with van der Waals surface area (Å²) in [5.41, 5.74) is 2.78. The van der Waals surface area contributed by atoms with Gasteiger partial charge in [0.05, 0.1) is 12.5 Å². The van der Waals surface area contributed by atoms with Gasteiger partial charge in [-0.05, 0) is 27.6 Å². The van der Waals surface area contributed by atoms with Crippen LogP contribution < -0.4 is 16.7 Å². The van der Waals surface area contributed by atoms with Gasteiger partial charge in [-0.25, -0.2) is 15.2 Å². The molecule has 1 aromatic carbocycles. The molecule has 1 amide bonds. The van der Waals surface area contributed by atoms with E-state index in [4.69, 9.17) is 0 Å². The summed E-state index contributed by atoms with van der Waals surface area (Å²) in [5, 5.41) is 3.89. The molecule has 0 aliphatic rings. The van der Waals surface area contributed by atoms with Crippen LogP contribution in [-0.4, -0.2) is 30.8 Å². The van der Waals surface area contributed by atoms with Gasteiger partial charge in [0.1, 0.15) is 6.54 Å². The van der Waals surface area contributed by atoms with Gasteiger partial charge >= 0.3 is 5.69 Å². The van der Waals surface area contributed by atoms with Crippen LogP contribution in [0.1, 0.15) is 5.56 Å². The van der Waals surface area contributed by atoms with Gasteiger partial charge in [0.15, 0.2) is 11.2 Å². The summed E-state index contributed by atoms with van der Waals surface area (Å²) in [7, 11) is 2.89. The summed E-state index contributed by atoms with van der Waals surface area (Å²) in [5.74, 6) is -0.438. The van der Waals surface area contributed by atoms with Crippen LogP contribution in [0.5, 0.6) is 0 Å². The van der Waals surface area contributed by atoms with E-state index in [2.05, 4.69) is 31.4 Å². The number of aryl methyl sites for hydroxylation is 1. The van der Waals surface area contributed by atoms with E-state index in [1.165, 1.54) is 35.8 Å². The van der Waals surface area contributed by atoms with Gasteiger partial charge in [0.25, 0.3) is 11.5 Å². The number of carbonyl (C=O) groups is 1. The number of benzene rings is 1. The number of hydrogen-bond acceptors (Lipinski definition) is 5. The van der Waals surface area contributed by atoms with Crippen LogP contribution in [0.15, 0.2) is 55.8 Å². The topological polar surface area (TPSA) is 103 Å². The molecule has 3 rings (SSSR count). The number of aromatic nitrogens is 4. The molecule has 2 heterocycles. The molecule has 28 heavy (non-hydrogen) atoms. The van der Waals surface area contributed by atoms with Gasteiger partial charge in [-0.1, -0.05) is 30.3 Å². The van der Waals surface area contributed by atoms with Crippen molar-refractivity contribution in [1.29, 1.82) is 0 Å². The minimum absolute atomic E-state index is 0.165. The van der Waals surface area contributed by atoms with E-state index in [1.807, 2.05) is 36.4 Å². The molecular weight excluding hydrogens is 428 g/mol. The molecule has 3 aromatic rings. The predicted molar refractivity (Wildman–Crippen MR) is 110 cm³/mol. The average molecular weight is 445 g/mol. The molecule has 0 saturated carbocycles. The van der Waals surface area contributed by atoms with Crippen LogP contribution in [0.25, 0.3) is 17.2 Å². The maximum absolute atomic E-state index is 12.4. The fourth-order valence-electron chi connectivity index (χ4n) is 2.62. The van der Waals surface area contributed by atoms with Crippen molar-refractivity contribution >= 4 is 45.3 Å². The third-order valence-electron chi connectivity index (χ3n) is 4.01. The lowest BCUT2D eigenvalue weighted by molar-refractivity contribution is -0.121. The van der Waals surface area contributed by atoms with Crippen LogP contribution in [0.3, 0.4) is 0 Å². The van der Waals surface area contributed by atoms with Crippen LogP contribution in [0.4, 0.5) is 0 Å². The second-order valence-electron chi connectivity index (χ2n) is 5.98. The number of hydrazone groups is 1. The molecule has 2 aromatic heterocycles. The number of fused-ring (bicyclic) bond motifs is 1. The number of allylic oxidation sites excluding steroid dienone is 1. The Bertz CT molecular complexity index is 1200. The third kappa shape index (κ3) is 4.01. The zero-order chi connectivity index (χ0) is 20.3. The zero-order valence-corrected chi connectivity index (χ0v) is 16.8. The monoisotopic (exact) mass is 444 g/mol. The summed E-state index contributed by atoms with van der Waals surface area (Å²) in [6.45, 7) is -0.165. The van der Waals surface area contributed by atoms with Gasteiger partial charge in [-0.3, -0.25) is 18.7 Å². The van der Waals surface area contributed by atoms with Crippen molar-refractivity contribution in [2.45, 2.75) is 6.54 Å². The Morgan fingerprint density at radius 2 is 1.93 bits per heavy atom. The Hall–Kier alpha value is -3.27. The Kier molecular flexibility index (Phi) is 5.69. The lowest BCUT2D eigenvalue weighted by Crippen LogP contribution is -2.38. The summed E-state index contributed by atoms with van der Waals surface area (Å²) < 4.78 is 4.30. The number of imidazole rings is 1. The number of nitrogens with zero attached hydrogens (tertiary/aromatic N) is 5. The largest absolute Gasteiger partial charge is 0.332 e. The fraction of sp³-hybridized carbons (Fsp3) is 0.167. The number of carbonyl (C=O) groups excluding carboxylic acids is 1. The SMILES string of the molecule is Cn1c(=O)c2c(ncn2CC(=O)N/N=C/C(Br)=C/c2ccccc2)n(C)c1=O. The minimum Gasteiger partial charge on any atom is -0.315 e. The molecule has 10 heteroatoms. The van der Waals surface area contributed by atoms with Gasteiger partial charge in [-0.2, -0.15) is 5.10 Å². The fourth-order valence-corrected chi connectivity index (χ4v) is 2.99. The molecule has 0 aliphatic heterocycles. The van der Waals surface area contributed by atoms with Gasteiger partial charge in [-0.15, -0.1) is 0 Å². The van der Waals surface area contributed by atoms with Crippen LogP contribution in [-0.2, 0) is 25.4 Å². The first-order chi connectivity index (χ1) is 13.4. The Labute approximate surface area is 167 Å².